The SMILES string of the molecule is CCCC/C=C/c1cccc(CNC[C@@H](O)[C@H](Cc2cc(F)cc(F)c2)NC(=O)c2cc(C)cc(C(=O)N(CCC)CCC)c2)c1. The summed E-state index contributed by atoms with van der Waals surface area (Å²) in [4.78, 5) is 28.6. The van der Waals surface area contributed by atoms with Crippen molar-refractivity contribution in [3.05, 3.63) is 112 Å². The minimum Gasteiger partial charge on any atom is -0.390 e. The summed E-state index contributed by atoms with van der Waals surface area (Å²) in [7, 11) is 0. The van der Waals surface area contributed by atoms with Crippen LogP contribution in [0.4, 0.5) is 8.78 Å². The van der Waals surface area contributed by atoms with Crippen molar-refractivity contribution in [3.63, 3.8) is 0 Å². The van der Waals surface area contributed by atoms with E-state index < -0.39 is 29.7 Å². The average Bonchev–Trinajstić information content (AvgIpc) is 3.01. The van der Waals surface area contributed by atoms with E-state index in [4.69, 9.17) is 0 Å². The summed E-state index contributed by atoms with van der Waals surface area (Å²) in [5.74, 6) is -2.10. The van der Waals surface area contributed by atoms with Gasteiger partial charge in [0.05, 0.1) is 12.1 Å². The van der Waals surface area contributed by atoms with Crippen LogP contribution in [0.5, 0.6) is 0 Å². The maximum Gasteiger partial charge on any atom is 0.253 e. The fourth-order valence-corrected chi connectivity index (χ4v) is 5.45. The van der Waals surface area contributed by atoms with Crippen LogP contribution in [0.3, 0.4) is 0 Å². The maximum atomic E-state index is 14.0. The van der Waals surface area contributed by atoms with E-state index in [0.29, 0.717) is 30.8 Å². The van der Waals surface area contributed by atoms with Gasteiger partial charge in [-0.3, -0.25) is 9.59 Å². The number of rotatable bonds is 18. The van der Waals surface area contributed by atoms with Gasteiger partial charge in [0.2, 0.25) is 0 Å². The van der Waals surface area contributed by atoms with Gasteiger partial charge in [0.15, 0.2) is 0 Å². The highest BCUT2D eigenvalue weighted by molar-refractivity contribution is 6.00. The van der Waals surface area contributed by atoms with Crippen LogP contribution < -0.4 is 10.6 Å². The highest BCUT2D eigenvalue weighted by atomic mass is 19.1. The molecular weight excluding hydrogens is 584 g/mol. The Kier molecular flexibility index (Phi) is 15.1. The quantitative estimate of drug-likeness (QED) is 0.129. The molecule has 248 valence electrons. The molecule has 0 saturated heterocycles. The van der Waals surface area contributed by atoms with Crippen molar-refractivity contribution < 1.29 is 23.5 Å². The Morgan fingerprint density at radius 3 is 2.26 bits per heavy atom. The molecule has 0 unspecified atom stereocenters. The van der Waals surface area contributed by atoms with Crippen molar-refractivity contribution in [2.75, 3.05) is 19.6 Å². The molecule has 0 saturated carbocycles. The van der Waals surface area contributed by atoms with E-state index in [1.165, 1.54) is 12.1 Å². The number of aryl methyl sites for hydroxylation is 1. The van der Waals surface area contributed by atoms with Gasteiger partial charge in [0.25, 0.3) is 11.8 Å². The van der Waals surface area contributed by atoms with E-state index in [1.807, 2.05) is 39.0 Å². The fourth-order valence-electron chi connectivity index (χ4n) is 5.45. The topological polar surface area (TPSA) is 81.7 Å². The number of aliphatic hydroxyl groups is 1. The molecule has 0 aliphatic carbocycles. The summed E-state index contributed by atoms with van der Waals surface area (Å²) in [6.45, 7) is 9.86. The number of carbonyl (C=O) groups is 2. The van der Waals surface area contributed by atoms with Gasteiger partial charge in [-0.05, 0) is 85.2 Å². The number of amides is 2. The predicted octanol–water partition coefficient (Wildman–Crippen LogP) is 7.23. The number of allylic oxidation sites excluding steroid dienone is 1. The first-order valence-corrected chi connectivity index (χ1v) is 16.4. The predicted molar refractivity (Wildman–Crippen MR) is 182 cm³/mol. The maximum absolute atomic E-state index is 14.0. The molecule has 6 nitrogen and oxygen atoms in total. The van der Waals surface area contributed by atoms with E-state index in [0.717, 1.165) is 54.9 Å². The second-order valence-electron chi connectivity index (χ2n) is 11.9. The molecule has 8 heteroatoms. The van der Waals surface area contributed by atoms with Gasteiger partial charge in [-0.15, -0.1) is 0 Å². The Bertz CT molecular complexity index is 1430. The van der Waals surface area contributed by atoms with Crippen LogP contribution in [0, 0.1) is 18.6 Å². The number of hydrogen-bond acceptors (Lipinski definition) is 4. The van der Waals surface area contributed by atoms with Gasteiger partial charge in [0.1, 0.15) is 11.6 Å². The lowest BCUT2D eigenvalue weighted by molar-refractivity contribution is 0.0755. The first-order valence-electron chi connectivity index (χ1n) is 16.4. The molecule has 3 aromatic carbocycles. The summed E-state index contributed by atoms with van der Waals surface area (Å²) >= 11 is 0. The zero-order valence-electron chi connectivity index (χ0n) is 27.6. The number of hydrogen-bond donors (Lipinski definition) is 3. The Morgan fingerprint density at radius 1 is 0.891 bits per heavy atom. The molecule has 3 aromatic rings. The molecule has 0 heterocycles. The van der Waals surface area contributed by atoms with Crippen LogP contribution in [0.1, 0.15) is 95.8 Å². The minimum absolute atomic E-state index is 0.000310. The zero-order valence-corrected chi connectivity index (χ0v) is 27.6. The number of nitrogens with zero attached hydrogens (tertiary/aromatic N) is 1. The third-order valence-corrected chi connectivity index (χ3v) is 7.69. The van der Waals surface area contributed by atoms with Gasteiger partial charge in [0, 0.05) is 43.4 Å². The van der Waals surface area contributed by atoms with E-state index in [2.05, 4.69) is 35.8 Å². The fraction of sp³-hybridized carbons (Fsp3) is 0.421. The van der Waals surface area contributed by atoms with Crippen LogP contribution in [0.2, 0.25) is 0 Å². The first kappa shape index (κ1) is 36.6. The van der Waals surface area contributed by atoms with E-state index in [-0.39, 0.29) is 24.4 Å². The minimum atomic E-state index is -1.08. The Balaban J connectivity index is 1.77. The molecule has 3 rings (SSSR count). The summed E-state index contributed by atoms with van der Waals surface area (Å²) in [6, 6.07) is 15.4. The lowest BCUT2D eigenvalue weighted by Crippen LogP contribution is -2.48. The molecule has 0 fully saturated rings. The molecule has 0 aliphatic rings. The lowest BCUT2D eigenvalue weighted by atomic mass is 9.99. The lowest BCUT2D eigenvalue weighted by Gasteiger charge is -2.25. The number of aliphatic hydroxyl groups excluding tert-OH is 1. The average molecular weight is 634 g/mol. The van der Waals surface area contributed by atoms with Gasteiger partial charge < -0.3 is 20.6 Å². The van der Waals surface area contributed by atoms with Crippen molar-refractivity contribution in [1.29, 1.82) is 0 Å². The highest BCUT2D eigenvalue weighted by Crippen LogP contribution is 2.16. The van der Waals surface area contributed by atoms with Gasteiger partial charge >= 0.3 is 0 Å². The molecule has 0 radical (unpaired) electrons. The normalized spacial score (nSPS) is 12.7. The number of carbonyl (C=O) groups excluding carboxylic acids is 2. The van der Waals surface area contributed by atoms with Gasteiger partial charge in [-0.1, -0.05) is 70.0 Å². The van der Waals surface area contributed by atoms with Crippen molar-refractivity contribution >= 4 is 17.9 Å². The Hall–Kier alpha value is -3.88. The highest BCUT2D eigenvalue weighted by Gasteiger charge is 2.24. The third kappa shape index (κ3) is 11.8. The van der Waals surface area contributed by atoms with E-state index in [1.54, 1.807) is 23.1 Å². The first-order chi connectivity index (χ1) is 22.1. The molecule has 0 aliphatic heterocycles. The number of halogens is 2. The van der Waals surface area contributed by atoms with Crippen molar-refractivity contribution in [3.8, 4) is 0 Å². The largest absolute Gasteiger partial charge is 0.390 e. The zero-order chi connectivity index (χ0) is 33.5. The van der Waals surface area contributed by atoms with Crippen LogP contribution in [-0.2, 0) is 13.0 Å². The summed E-state index contributed by atoms with van der Waals surface area (Å²) < 4.78 is 28.1. The van der Waals surface area contributed by atoms with Gasteiger partial charge in [-0.25, -0.2) is 8.78 Å². The third-order valence-electron chi connectivity index (χ3n) is 7.69. The molecule has 46 heavy (non-hydrogen) atoms. The molecule has 0 spiro atoms. The molecule has 3 N–H and O–H groups in total. The van der Waals surface area contributed by atoms with E-state index in [9.17, 15) is 23.5 Å². The summed E-state index contributed by atoms with van der Waals surface area (Å²) in [5, 5.41) is 17.4. The molecule has 0 bridgehead atoms. The molecule has 2 amide bonds. The van der Waals surface area contributed by atoms with Crippen molar-refractivity contribution in [2.45, 2.75) is 84.9 Å². The van der Waals surface area contributed by atoms with Crippen LogP contribution >= 0.6 is 0 Å². The second-order valence-corrected chi connectivity index (χ2v) is 11.9. The molecular formula is C38H49F2N3O3. The van der Waals surface area contributed by atoms with Crippen LogP contribution in [0.15, 0.2) is 66.7 Å². The number of benzene rings is 3. The Morgan fingerprint density at radius 2 is 1.59 bits per heavy atom. The second kappa shape index (κ2) is 18.9. The van der Waals surface area contributed by atoms with Crippen molar-refractivity contribution in [1.82, 2.24) is 15.5 Å². The number of nitrogens with one attached hydrogen (secondary N) is 2. The molecule has 2 atom stereocenters. The monoisotopic (exact) mass is 633 g/mol. The standard InChI is InChI=1S/C38H49F2N3O3/c1-5-8-9-10-12-28-13-11-14-29(19-28)25-41-26-36(44)35(22-30-20-33(39)24-34(40)21-30)42-37(45)31-17-27(4)18-32(23-31)38(46)43(15-6-2)16-7-3/h10-14,17-21,23-24,35-36,41,44H,5-9,15-16,22,25-26H2,1-4H3,(H,42,45)/b12-10+/t35-,36+/m0/s1. The van der Waals surface area contributed by atoms with Crippen LogP contribution in [-0.4, -0.2) is 53.6 Å². The van der Waals surface area contributed by atoms with E-state index >= 15 is 0 Å². The number of unbranched alkanes of at least 4 members (excludes halogenated alkanes) is 2. The summed E-state index contributed by atoms with van der Waals surface area (Å²) in [5.41, 5.74) is 3.88. The van der Waals surface area contributed by atoms with Crippen LogP contribution in [0.25, 0.3) is 6.08 Å². The Labute approximate surface area is 272 Å². The van der Waals surface area contributed by atoms with Crippen molar-refractivity contribution in [2.24, 2.45) is 0 Å². The molecule has 0 aromatic heterocycles. The van der Waals surface area contributed by atoms with Gasteiger partial charge in [-0.2, -0.15) is 0 Å². The smallest absolute Gasteiger partial charge is 0.253 e. The summed E-state index contributed by atoms with van der Waals surface area (Å²) in [6.07, 6.45) is 8.16.